The van der Waals surface area contributed by atoms with Gasteiger partial charge in [0.2, 0.25) is 5.91 Å². The predicted molar refractivity (Wildman–Crippen MR) is 102 cm³/mol. The number of nitrogens with one attached hydrogen (secondary N) is 1. The summed E-state index contributed by atoms with van der Waals surface area (Å²) in [6.07, 6.45) is 1.57. The number of rotatable bonds is 7. The standard InChI is InChI=1S/C20H22FN3O2/c1-3-24(10-11-26-2)16-7-5-15(6-8-16)22-13-18-17-12-14(21)4-9-19(17)23-20(18)25/h4-9,12-13,18H,3,10-11H2,1-2H3,(H,23,25). The Hall–Kier alpha value is -2.73. The molecule has 26 heavy (non-hydrogen) atoms. The molecule has 136 valence electrons. The van der Waals surface area contributed by atoms with E-state index >= 15 is 0 Å². The van der Waals surface area contributed by atoms with Gasteiger partial charge in [-0.25, -0.2) is 4.39 Å². The summed E-state index contributed by atoms with van der Waals surface area (Å²) in [5.41, 5.74) is 3.09. The number of ether oxygens (including phenoxy) is 1. The average Bonchev–Trinajstić information content (AvgIpc) is 2.96. The molecule has 2 aromatic carbocycles. The third kappa shape index (κ3) is 3.91. The molecule has 2 aromatic rings. The summed E-state index contributed by atoms with van der Waals surface area (Å²) in [6.45, 7) is 4.47. The highest BCUT2D eigenvalue weighted by atomic mass is 19.1. The Morgan fingerprint density at radius 2 is 2.04 bits per heavy atom. The van der Waals surface area contributed by atoms with Gasteiger partial charge in [-0.05, 0) is 55.0 Å². The van der Waals surface area contributed by atoms with Gasteiger partial charge in [-0.15, -0.1) is 0 Å². The van der Waals surface area contributed by atoms with Crippen molar-refractivity contribution in [3.05, 3.63) is 53.8 Å². The summed E-state index contributed by atoms with van der Waals surface area (Å²) in [5.74, 6) is -1.13. The summed E-state index contributed by atoms with van der Waals surface area (Å²) in [5, 5.41) is 2.75. The SMILES string of the molecule is CCN(CCOC)c1ccc(N=CC2C(=O)Nc3ccc(F)cc32)cc1. The van der Waals surface area contributed by atoms with Crippen LogP contribution < -0.4 is 10.2 Å². The van der Waals surface area contributed by atoms with Crippen LogP contribution in [-0.4, -0.2) is 38.9 Å². The number of hydrogen-bond acceptors (Lipinski definition) is 4. The Bertz CT molecular complexity index is 805. The highest BCUT2D eigenvalue weighted by Gasteiger charge is 2.29. The summed E-state index contributed by atoms with van der Waals surface area (Å²) in [7, 11) is 1.69. The Morgan fingerprint density at radius 3 is 2.73 bits per heavy atom. The molecule has 0 aromatic heterocycles. The van der Waals surface area contributed by atoms with Crippen LogP contribution in [0.25, 0.3) is 0 Å². The van der Waals surface area contributed by atoms with E-state index in [9.17, 15) is 9.18 Å². The summed E-state index contributed by atoms with van der Waals surface area (Å²) in [6, 6.07) is 12.1. The molecule has 1 aliphatic rings. The lowest BCUT2D eigenvalue weighted by Gasteiger charge is -2.22. The van der Waals surface area contributed by atoms with Crippen molar-refractivity contribution >= 4 is 29.2 Å². The van der Waals surface area contributed by atoms with Gasteiger partial charge in [-0.2, -0.15) is 0 Å². The van der Waals surface area contributed by atoms with Crippen LogP contribution in [0.1, 0.15) is 18.4 Å². The molecule has 1 atom stereocenters. The monoisotopic (exact) mass is 355 g/mol. The van der Waals surface area contributed by atoms with Crippen molar-refractivity contribution in [3.63, 3.8) is 0 Å². The second-order valence-corrected chi connectivity index (χ2v) is 6.07. The molecular weight excluding hydrogens is 333 g/mol. The molecule has 5 nitrogen and oxygen atoms in total. The molecule has 3 rings (SSSR count). The van der Waals surface area contributed by atoms with Gasteiger partial charge >= 0.3 is 0 Å². The van der Waals surface area contributed by atoms with E-state index in [0.29, 0.717) is 17.9 Å². The summed E-state index contributed by atoms with van der Waals surface area (Å²) < 4.78 is 18.6. The highest BCUT2D eigenvalue weighted by molar-refractivity contribution is 6.12. The minimum Gasteiger partial charge on any atom is -0.383 e. The number of aliphatic imine (C=N–C) groups is 1. The zero-order valence-electron chi connectivity index (χ0n) is 14.9. The molecule has 0 bridgehead atoms. The van der Waals surface area contributed by atoms with E-state index in [2.05, 4.69) is 22.1 Å². The molecule has 1 heterocycles. The number of likely N-dealkylation sites (N-methyl/N-ethyl adjacent to an activating group) is 1. The van der Waals surface area contributed by atoms with E-state index in [4.69, 9.17) is 4.74 Å². The van der Waals surface area contributed by atoms with Crippen molar-refractivity contribution in [2.45, 2.75) is 12.8 Å². The fraction of sp³-hybridized carbons (Fsp3) is 0.300. The predicted octanol–water partition coefficient (Wildman–Crippen LogP) is 3.74. The third-order valence-electron chi connectivity index (χ3n) is 4.42. The molecule has 0 saturated carbocycles. The molecular formula is C20H22FN3O2. The van der Waals surface area contributed by atoms with Crippen LogP contribution in [-0.2, 0) is 9.53 Å². The van der Waals surface area contributed by atoms with E-state index in [0.717, 1.165) is 24.5 Å². The van der Waals surface area contributed by atoms with Crippen molar-refractivity contribution in [2.75, 3.05) is 37.0 Å². The molecule has 1 amide bonds. The minimum atomic E-state index is -0.575. The van der Waals surface area contributed by atoms with Gasteiger partial charge in [0.25, 0.3) is 0 Å². The number of halogens is 1. The van der Waals surface area contributed by atoms with Crippen LogP contribution in [0.4, 0.5) is 21.5 Å². The molecule has 0 spiro atoms. The first kappa shape index (κ1) is 18.1. The summed E-state index contributed by atoms with van der Waals surface area (Å²) in [4.78, 5) is 18.7. The second-order valence-electron chi connectivity index (χ2n) is 6.07. The molecule has 1 unspecified atom stereocenters. The number of anilines is 2. The zero-order chi connectivity index (χ0) is 18.5. The fourth-order valence-electron chi connectivity index (χ4n) is 2.99. The number of benzene rings is 2. The number of methoxy groups -OCH3 is 1. The number of carbonyl (C=O) groups is 1. The van der Waals surface area contributed by atoms with Crippen molar-refractivity contribution in [3.8, 4) is 0 Å². The molecule has 0 aliphatic carbocycles. The molecule has 6 heteroatoms. The van der Waals surface area contributed by atoms with Gasteiger partial charge in [0.15, 0.2) is 0 Å². The van der Waals surface area contributed by atoms with Crippen LogP contribution in [0, 0.1) is 5.82 Å². The molecule has 1 aliphatic heterocycles. The topological polar surface area (TPSA) is 53.9 Å². The van der Waals surface area contributed by atoms with Gasteiger partial charge < -0.3 is 15.0 Å². The lowest BCUT2D eigenvalue weighted by atomic mass is 10.0. The van der Waals surface area contributed by atoms with Crippen LogP contribution in [0.3, 0.4) is 0 Å². The van der Waals surface area contributed by atoms with Gasteiger partial charge in [-0.1, -0.05) is 0 Å². The Morgan fingerprint density at radius 1 is 1.27 bits per heavy atom. The third-order valence-corrected chi connectivity index (χ3v) is 4.42. The number of hydrogen-bond donors (Lipinski definition) is 1. The van der Waals surface area contributed by atoms with Crippen LogP contribution in [0.15, 0.2) is 47.5 Å². The molecule has 0 radical (unpaired) electrons. The number of carbonyl (C=O) groups excluding carboxylic acids is 1. The van der Waals surface area contributed by atoms with E-state index < -0.39 is 5.92 Å². The number of nitrogens with zero attached hydrogens (tertiary/aromatic N) is 2. The normalized spacial score (nSPS) is 16.0. The lowest BCUT2D eigenvalue weighted by molar-refractivity contribution is -0.115. The lowest BCUT2D eigenvalue weighted by Crippen LogP contribution is -2.26. The van der Waals surface area contributed by atoms with Crippen LogP contribution in [0.5, 0.6) is 0 Å². The molecule has 0 saturated heterocycles. The molecule has 1 N–H and O–H groups in total. The summed E-state index contributed by atoms with van der Waals surface area (Å²) >= 11 is 0. The van der Waals surface area contributed by atoms with Crippen molar-refractivity contribution in [2.24, 2.45) is 4.99 Å². The zero-order valence-corrected chi connectivity index (χ0v) is 14.9. The fourth-order valence-corrected chi connectivity index (χ4v) is 2.99. The van der Waals surface area contributed by atoms with Gasteiger partial charge in [0.1, 0.15) is 11.7 Å². The minimum absolute atomic E-state index is 0.192. The van der Waals surface area contributed by atoms with Gasteiger partial charge in [0.05, 0.1) is 12.3 Å². The Labute approximate surface area is 152 Å². The highest BCUT2D eigenvalue weighted by Crippen LogP contribution is 2.32. The maximum absolute atomic E-state index is 13.5. The quantitative estimate of drug-likeness (QED) is 0.770. The smallest absolute Gasteiger partial charge is 0.237 e. The second kappa shape index (κ2) is 8.10. The first-order valence-corrected chi connectivity index (χ1v) is 8.61. The van der Waals surface area contributed by atoms with Crippen LogP contribution >= 0.6 is 0 Å². The Kier molecular flexibility index (Phi) is 5.63. The average molecular weight is 355 g/mol. The largest absolute Gasteiger partial charge is 0.383 e. The maximum Gasteiger partial charge on any atom is 0.237 e. The van der Waals surface area contributed by atoms with E-state index in [-0.39, 0.29) is 11.7 Å². The maximum atomic E-state index is 13.5. The number of fused-ring (bicyclic) bond motifs is 1. The van der Waals surface area contributed by atoms with Crippen molar-refractivity contribution in [1.82, 2.24) is 0 Å². The van der Waals surface area contributed by atoms with Crippen LogP contribution in [0.2, 0.25) is 0 Å². The van der Waals surface area contributed by atoms with Gasteiger partial charge in [-0.3, -0.25) is 9.79 Å². The van der Waals surface area contributed by atoms with E-state index in [1.54, 1.807) is 19.4 Å². The Balaban J connectivity index is 1.73. The first-order chi connectivity index (χ1) is 12.6. The number of amides is 1. The van der Waals surface area contributed by atoms with E-state index in [1.807, 2.05) is 24.3 Å². The van der Waals surface area contributed by atoms with Crippen molar-refractivity contribution < 1.29 is 13.9 Å². The first-order valence-electron chi connectivity index (χ1n) is 8.61. The van der Waals surface area contributed by atoms with Gasteiger partial charge in [0, 0.05) is 37.8 Å². The van der Waals surface area contributed by atoms with Crippen molar-refractivity contribution in [1.29, 1.82) is 0 Å². The van der Waals surface area contributed by atoms with E-state index in [1.165, 1.54) is 12.1 Å². The molecule has 0 fully saturated rings.